The Bertz CT molecular complexity index is 271. The highest BCUT2D eigenvalue weighted by Crippen LogP contribution is 2.12. The fourth-order valence-corrected chi connectivity index (χ4v) is 2.72. The van der Waals surface area contributed by atoms with Crippen LogP contribution in [-0.2, 0) is 9.53 Å². The molecule has 0 heterocycles. The maximum Gasteiger partial charge on any atom is 0.167 e. The molecule has 22 heavy (non-hydrogen) atoms. The first-order valence-electron chi connectivity index (χ1n) is 9.35. The summed E-state index contributed by atoms with van der Waals surface area (Å²) in [4.78, 5) is 12.3. The first-order chi connectivity index (χ1) is 10.4. The van der Waals surface area contributed by atoms with Gasteiger partial charge in [-0.05, 0) is 13.3 Å². The van der Waals surface area contributed by atoms with Crippen molar-refractivity contribution in [1.29, 1.82) is 0 Å². The average Bonchev–Trinajstić information content (AvgIpc) is 2.43. The molecule has 1 unspecified atom stereocenters. The quantitative estimate of drug-likeness (QED) is 0.326. The molecular weight excluding hydrogens is 274 g/mol. The summed E-state index contributed by atoms with van der Waals surface area (Å²) in [5, 5.41) is 0. The summed E-state index contributed by atoms with van der Waals surface area (Å²) in [5.74, 6) is 0.290. The van der Waals surface area contributed by atoms with Crippen LogP contribution in [0.15, 0.2) is 0 Å². The predicted octanol–water partition coefficient (Wildman–Crippen LogP) is 4.59. The molecule has 0 saturated heterocycles. The lowest BCUT2D eigenvalue weighted by atomic mass is 10.0. The number of rotatable bonds is 15. The Balaban J connectivity index is 3.72. The van der Waals surface area contributed by atoms with Gasteiger partial charge < -0.3 is 9.22 Å². The third-order valence-corrected chi connectivity index (χ3v) is 3.97. The van der Waals surface area contributed by atoms with Crippen molar-refractivity contribution in [3.63, 3.8) is 0 Å². The minimum absolute atomic E-state index is 0.223. The molecule has 0 aromatic carbocycles. The van der Waals surface area contributed by atoms with Crippen LogP contribution in [0.25, 0.3) is 0 Å². The fourth-order valence-electron chi connectivity index (χ4n) is 2.72. The fraction of sp³-hybridized carbons (Fsp3) is 0.947. The number of quaternary nitrogens is 1. The summed E-state index contributed by atoms with van der Waals surface area (Å²) in [6.07, 6.45) is 12.1. The highest BCUT2D eigenvalue weighted by molar-refractivity contribution is 5.83. The first-order valence-corrected chi connectivity index (χ1v) is 9.35. The van der Waals surface area contributed by atoms with E-state index in [-0.39, 0.29) is 11.9 Å². The van der Waals surface area contributed by atoms with Crippen LogP contribution < -0.4 is 0 Å². The number of Topliss-reactive ketones (excluding diaryl/α,β-unsaturated/α-hetero) is 1. The molecular formula is C19H40NO2+. The number of unbranched alkanes of at least 4 members (excludes halogenated alkanes) is 8. The summed E-state index contributed by atoms with van der Waals surface area (Å²) < 4.78 is 6.42. The van der Waals surface area contributed by atoms with Crippen molar-refractivity contribution in [3.8, 4) is 0 Å². The van der Waals surface area contributed by atoms with Gasteiger partial charge in [0.15, 0.2) is 11.9 Å². The second-order valence-electron chi connectivity index (χ2n) is 7.46. The Morgan fingerprint density at radius 2 is 1.36 bits per heavy atom. The molecule has 3 nitrogen and oxygen atoms in total. The number of likely N-dealkylation sites (N-methyl/N-ethyl adjacent to an activating group) is 1. The molecule has 0 amide bonds. The molecule has 0 aromatic heterocycles. The van der Waals surface area contributed by atoms with Gasteiger partial charge in [-0.3, -0.25) is 4.79 Å². The molecule has 0 aliphatic carbocycles. The van der Waals surface area contributed by atoms with E-state index in [1.807, 2.05) is 6.92 Å². The lowest BCUT2D eigenvalue weighted by molar-refractivity contribution is -0.872. The summed E-state index contributed by atoms with van der Waals surface area (Å²) in [5.41, 5.74) is 0. The van der Waals surface area contributed by atoms with Gasteiger partial charge in [0.05, 0.1) is 21.1 Å². The van der Waals surface area contributed by atoms with Gasteiger partial charge in [0.2, 0.25) is 0 Å². The van der Waals surface area contributed by atoms with Crippen molar-refractivity contribution >= 4 is 5.78 Å². The van der Waals surface area contributed by atoms with Crippen molar-refractivity contribution in [1.82, 2.24) is 0 Å². The van der Waals surface area contributed by atoms with Crippen molar-refractivity contribution in [2.75, 3.05) is 34.3 Å². The van der Waals surface area contributed by atoms with Gasteiger partial charge in [0.25, 0.3) is 0 Å². The van der Waals surface area contributed by atoms with Gasteiger partial charge in [0.1, 0.15) is 6.54 Å². The van der Waals surface area contributed by atoms with Gasteiger partial charge in [-0.25, -0.2) is 0 Å². The van der Waals surface area contributed by atoms with E-state index in [1.165, 1.54) is 51.4 Å². The van der Waals surface area contributed by atoms with Crippen molar-refractivity contribution in [3.05, 3.63) is 0 Å². The van der Waals surface area contributed by atoms with E-state index in [1.54, 1.807) is 0 Å². The lowest BCUT2D eigenvalue weighted by Crippen LogP contribution is -2.45. The Labute approximate surface area is 139 Å². The van der Waals surface area contributed by atoms with Crippen LogP contribution in [0.5, 0.6) is 0 Å². The number of hydrogen-bond donors (Lipinski definition) is 0. The molecule has 0 radical (unpaired) electrons. The maximum absolute atomic E-state index is 12.3. The van der Waals surface area contributed by atoms with Crippen molar-refractivity contribution < 1.29 is 14.0 Å². The molecule has 0 bridgehead atoms. The Kier molecular flexibility index (Phi) is 12.8. The second-order valence-corrected chi connectivity index (χ2v) is 7.46. The minimum atomic E-state index is -0.223. The number of ether oxygens (including phenoxy) is 1. The third kappa shape index (κ3) is 13.3. The summed E-state index contributed by atoms with van der Waals surface area (Å²) in [6.45, 7) is 5.61. The number of carbonyl (C=O) groups is 1. The molecule has 0 spiro atoms. The van der Waals surface area contributed by atoms with Gasteiger partial charge >= 0.3 is 0 Å². The highest BCUT2D eigenvalue weighted by Gasteiger charge is 2.24. The Morgan fingerprint density at radius 1 is 0.864 bits per heavy atom. The number of hydrogen-bond acceptors (Lipinski definition) is 2. The lowest BCUT2D eigenvalue weighted by Gasteiger charge is -2.28. The van der Waals surface area contributed by atoms with Crippen LogP contribution in [-0.4, -0.2) is 50.7 Å². The number of nitrogens with zero attached hydrogens (tertiary/aromatic N) is 1. The van der Waals surface area contributed by atoms with Crippen LogP contribution in [0.3, 0.4) is 0 Å². The van der Waals surface area contributed by atoms with E-state index in [2.05, 4.69) is 28.1 Å². The van der Waals surface area contributed by atoms with Gasteiger partial charge in [0, 0.05) is 13.0 Å². The van der Waals surface area contributed by atoms with E-state index >= 15 is 0 Å². The maximum atomic E-state index is 12.3. The molecule has 0 aliphatic rings. The normalized spacial score (nSPS) is 13.3. The van der Waals surface area contributed by atoms with Gasteiger partial charge in [-0.2, -0.15) is 0 Å². The monoisotopic (exact) mass is 314 g/mol. The molecule has 0 aromatic rings. The zero-order chi connectivity index (χ0) is 16.8. The minimum Gasteiger partial charge on any atom is -0.365 e. The standard InChI is InChI=1S/C19H40NO2/c1-6-8-9-10-11-12-13-14-15-16-18(21)19(22-7-2)17-20(3,4)5/h19H,6-17H2,1-5H3/q+1. The second kappa shape index (κ2) is 13.1. The van der Waals surface area contributed by atoms with E-state index in [4.69, 9.17) is 4.74 Å². The summed E-state index contributed by atoms with van der Waals surface area (Å²) in [7, 11) is 6.33. The molecule has 0 N–H and O–H groups in total. The SMILES string of the molecule is CCCCCCCCCCCC(=O)C(C[N+](C)(C)C)OCC. The van der Waals surface area contributed by atoms with E-state index < -0.39 is 0 Å². The first kappa shape index (κ1) is 21.6. The smallest absolute Gasteiger partial charge is 0.167 e. The van der Waals surface area contributed by atoms with Gasteiger partial charge in [-0.15, -0.1) is 0 Å². The number of carbonyl (C=O) groups excluding carboxylic acids is 1. The number of ketones is 1. The predicted molar refractivity (Wildman–Crippen MR) is 95.2 cm³/mol. The zero-order valence-electron chi connectivity index (χ0n) is 15.8. The molecule has 0 rings (SSSR count). The average molecular weight is 315 g/mol. The molecule has 1 atom stereocenters. The van der Waals surface area contributed by atoms with Crippen LogP contribution in [0.4, 0.5) is 0 Å². The van der Waals surface area contributed by atoms with Gasteiger partial charge in [-0.1, -0.05) is 58.3 Å². The van der Waals surface area contributed by atoms with E-state index in [0.717, 1.165) is 17.4 Å². The van der Waals surface area contributed by atoms with Crippen LogP contribution in [0.2, 0.25) is 0 Å². The highest BCUT2D eigenvalue weighted by atomic mass is 16.5. The summed E-state index contributed by atoms with van der Waals surface area (Å²) >= 11 is 0. The van der Waals surface area contributed by atoms with Crippen LogP contribution >= 0.6 is 0 Å². The Hall–Kier alpha value is -0.410. The third-order valence-electron chi connectivity index (χ3n) is 3.97. The molecule has 3 heteroatoms. The topological polar surface area (TPSA) is 26.3 Å². The molecule has 0 saturated carbocycles. The van der Waals surface area contributed by atoms with Crippen molar-refractivity contribution in [2.24, 2.45) is 0 Å². The Morgan fingerprint density at radius 3 is 1.82 bits per heavy atom. The largest absolute Gasteiger partial charge is 0.365 e. The van der Waals surface area contributed by atoms with Crippen molar-refractivity contribution in [2.45, 2.75) is 84.2 Å². The van der Waals surface area contributed by atoms with E-state index in [0.29, 0.717) is 13.0 Å². The molecule has 0 fully saturated rings. The zero-order valence-corrected chi connectivity index (χ0v) is 15.8. The molecule has 132 valence electrons. The van der Waals surface area contributed by atoms with E-state index in [9.17, 15) is 4.79 Å². The van der Waals surface area contributed by atoms with Crippen LogP contribution in [0, 0.1) is 0 Å². The van der Waals surface area contributed by atoms with Crippen LogP contribution in [0.1, 0.15) is 78.1 Å². The summed E-state index contributed by atoms with van der Waals surface area (Å²) in [6, 6.07) is 0. The molecule has 0 aliphatic heterocycles.